The minimum Gasteiger partial charge on any atom is -0.310 e. The molecular formula is C16H19N3O2. The quantitative estimate of drug-likeness (QED) is 0.880. The van der Waals surface area contributed by atoms with Crippen LogP contribution in [0.1, 0.15) is 36.7 Å². The molecule has 0 radical (unpaired) electrons. The van der Waals surface area contributed by atoms with Gasteiger partial charge in [-0.2, -0.15) is 0 Å². The van der Waals surface area contributed by atoms with E-state index in [0.29, 0.717) is 18.5 Å². The highest BCUT2D eigenvalue weighted by atomic mass is 16.2. The highest BCUT2D eigenvalue weighted by Crippen LogP contribution is 2.28. The molecule has 0 bridgehead atoms. The fraction of sp³-hybridized carbons (Fsp3) is 0.375. The van der Waals surface area contributed by atoms with E-state index >= 15 is 0 Å². The minimum atomic E-state index is -0.430. The Morgan fingerprint density at radius 3 is 2.62 bits per heavy atom. The first-order valence-corrected chi connectivity index (χ1v) is 7.21. The van der Waals surface area contributed by atoms with E-state index in [1.807, 2.05) is 18.2 Å². The number of fused-ring (bicyclic) bond motifs is 1. The van der Waals surface area contributed by atoms with E-state index in [9.17, 15) is 9.59 Å². The molecule has 0 spiro atoms. The molecule has 0 saturated heterocycles. The summed E-state index contributed by atoms with van der Waals surface area (Å²) in [5.74, 6) is 0. The molecule has 1 aromatic heterocycles. The Kier molecular flexibility index (Phi) is 3.51. The topological polar surface area (TPSA) is 69.0 Å². The molecule has 110 valence electrons. The minimum absolute atomic E-state index is 0.233. The van der Waals surface area contributed by atoms with E-state index in [1.54, 1.807) is 0 Å². The number of aromatic nitrogens is 2. The van der Waals surface area contributed by atoms with Crippen molar-refractivity contribution in [1.29, 1.82) is 0 Å². The zero-order chi connectivity index (χ0) is 15.0. The van der Waals surface area contributed by atoms with Crippen molar-refractivity contribution in [1.82, 2.24) is 14.9 Å². The van der Waals surface area contributed by atoms with Gasteiger partial charge in [0.25, 0.3) is 5.56 Å². The molecule has 0 unspecified atom stereocenters. The van der Waals surface area contributed by atoms with Crippen molar-refractivity contribution in [2.24, 2.45) is 0 Å². The molecular weight excluding hydrogens is 266 g/mol. The van der Waals surface area contributed by atoms with Crippen LogP contribution in [-0.2, 0) is 13.0 Å². The van der Waals surface area contributed by atoms with Crippen molar-refractivity contribution in [3.8, 4) is 0 Å². The van der Waals surface area contributed by atoms with Crippen molar-refractivity contribution < 1.29 is 0 Å². The summed E-state index contributed by atoms with van der Waals surface area (Å²) in [4.78, 5) is 30.7. The SMILES string of the molecule is C[C@@H]1Cc2c([nH]c(=O)[nH]c2=O)CN1[C@H](C)c1ccccc1. The lowest BCUT2D eigenvalue weighted by Crippen LogP contribution is -2.44. The number of H-pyrrole nitrogens is 2. The molecule has 3 rings (SSSR count). The monoisotopic (exact) mass is 285 g/mol. The molecule has 0 amide bonds. The summed E-state index contributed by atoms with van der Waals surface area (Å²) in [5, 5.41) is 0. The van der Waals surface area contributed by atoms with Gasteiger partial charge in [0.15, 0.2) is 0 Å². The maximum Gasteiger partial charge on any atom is 0.325 e. The van der Waals surface area contributed by atoms with Crippen LogP contribution in [0.5, 0.6) is 0 Å². The van der Waals surface area contributed by atoms with Crippen LogP contribution >= 0.6 is 0 Å². The first-order chi connectivity index (χ1) is 10.1. The Morgan fingerprint density at radius 1 is 1.19 bits per heavy atom. The number of nitrogens with one attached hydrogen (secondary N) is 2. The van der Waals surface area contributed by atoms with Gasteiger partial charge in [0.05, 0.1) is 0 Å². The zero-order valence-electron chi connectivity index (χ0n) is 12.2. The van der Waals surface area contributed by atoms with Crippen molar-refractivity contribution in [2.75, 3.05) is 0 Å². The molecule has 2 atom stereocenters. The maximum atomic E-state index is 11.9. The van der Waals surface area contributed by atoms with Gasteiger partial charge in [-0.1, -0.05) is 30.3 Å². The maximum absolute atomic E-state index is 11.9. The molecule has 0 fully saturated rings. The van der Waals surface area contributed by atoms with Gasteiger partial charge in [0, 0.05) is 29.9 Å². The standard InChI is InChI=1S/C16H19N3O2/c1-10-8-13-14(17-16(21)18-15(13)20)9-19(10)11(2)12-6-4-3-5-7-12/h3-7,10-11H,8-9H2,1-2H3,(H2,17,18,20,21)/t10-,11-/m1/s1. The Hall–Kier alpha value is -2.14. The normalized spacial score (nSPS) is 20.0. The van der Waals surface area contributed by atoms with Gasteiger partial charge in [0.2, 0.25) is 0 Å². The molecule has 2 heterocycles. The Morgan fingerprint density at radius 2 is 1.90 bits per heavy atom. The number of hydrogen-bond donors (Lipinski definition) is 2. The number of hydrogen-bond acceptors (Lipinski definition) is 3. The van der Waals surface area contributed by atoms with Crippen LogP contribution in [0, 0.1) is 0 Å². The van der Waals surface area contributed by atoms with Crippen LogP contribution in [0.25, 0.3) is 0 Å². The first kappa shape index (κ1) is 13.8. The Bertz CT molecular complexity index is 748. The summed E-state index contributed by atoms with van der Waals surface area (Å²) in [6, 6.07) is 10.8. The predicted octanol–water partition coefficient (Wildman–Crippen LogP) is 1.57. The summed E-state index contributed by atoms with van der Waals surface area (Å²) in [7, 11) is 0. The lowest BCUT2D eigenvalue weighted by Gasteiger charge is -2.38. The lowest BCUT2D eigenvalue weighted by molar-refractivity contribution is 0.128. The summed E-state index contributed by atoms with van der Waals surface area (Å²) >= 11 is 0. The molecule has 1 aliphatic rings. The van der Waals surface area contributed by atoms with E-state index in [1.165, 1.54) is 5.56 Å². The van der Waals surface area contributed by atoms with E-state index in [4.69, 9.17) is 0 Å². The van der Waals surface area contributed by atoms with Crippen molar-refractivity contribution in [3.63, 3.8) is 0 Å². The first-order valence-electron chi connectivity index (χ1n) is 7.21. The van der Waals surface area contributed by atoms with Gasteiger partial charge in [-0.25, -0.2) is 4.79 Å². The number of rotatable bonds is 2. The summed E-state index contributed by atoms with van der Waals surface area (Å²) in [5.41, 5.74) is 2.00. The van der Waals surface area contributed by atoms with E-state index < -0.39 is 5.69 Å². The van der Waals surface area contributed by atoms with Crippen molar-refractivity contribution >= 4 is 0 Å². The second-order valence-electron chi connectivity index (χ2n) is 5.68. The largest absolute Gasteiger partial charge is 0.325 e. The van der Waals surface area contributed by atoms with Gasteiger partial charge in [-0.05, 0) is 25.8 Å². The van der Waals surface area contributed by atoms with Crippen LogP contribution in [0.3, 0.4) is 0 Å². The third kappa shape index (κ3) is 2.56. The van der Waals surface area contributed by atoms with E-state index in [-0.39, 0.29) is 17.6 Å². The van der Waals surface area contributed by atoms with E-state index in [2.05, 4.69) is 40.8 Å². The molecule has 2 aromatic rings. The average molecular weight is 285 g/mol. The van der Waals surface area contributed by atoms with Crippen LogP contribution in [-0.4, -0.2) is 20.9 Å². The average Bonchev–Trinajstić information content (AvgIpc) is 2.48. The lowest BCUT2D eigenvalue weighted by atomic mass is 9.96. The highest BCUT2D eigenvalue weighted by molar-refractivity contribution is 5.24. The van der Waals surface area contributed by atoms with Gasteiger partial charge in [0.1, 0.15) is 0 Å². The molecule has 5 nitrogen and oxygen atoms in total. The molecule has 1 aromatic carbocycles. The van der Waals surface area contributed by atoms with Crippen LogP contribution in [0.2, 0.25) is 0 Å². The second kappa shape index (κ2) is 5.33. The molecule has 5 heteroatoms. The van der Waals surface area contributed by atoms with Crippen LogP contribution in [0.4, 0.5) is 0 Å². The molecule has 1 aliphatic heterocycles. The Balaban J connectivity index is 1.96. The predicted molar refractivity (Wildman–Crippen MR) is 81.2 cm³/mol. The molecule has 2 N–H and O–H groups in total. The number of nitrogens with zero attached hydrogens (tertiary/aromatic N) is 1. The van der Waals surface area contributed by atoms with Crippen LogP contribution in [0.15, 0.2) is 39.9 Å². The van der Waals surface area contributed by atoms with Gasteiger partial charge < -0.3 is 4.98 Å². The molecule has 0 aliphatic carbocycles. The van der Waals surface area contributed by atoms with Gasteiger partial charge in [-0.3, -0.25) is 14.7 Å². The molecule has 0 saturated carbocycles. The van der Waals surface area contributed by atoms with Gasteiger partial charge in [-0.15, -0.1) is 0 Å². The van der Waals surface area contributed by atoms with E-state index in [0.717, 1.165) is 5.69 Å². The smallest absolute Gasteiger partial charge is 0.310 e. The third-order valence-electron chi connectivity index (χ3n) is 4.32. The highest BCUT2D eigenvalue weighted by Gasteiger charge is 2.29. The third-order valence-corrected chi connectivity index (χ3v) is 4.32. The number of benzene rings is 1. The fourth-order valence-corrected chi connectivity index (χ4v) is 3.10. The van der Waals surface area contributed by atoms with Crippen molar-refractivity contribution in [3.05, 3.63) is 68.0 Å². The van der Waals surface area contributed by atoms with Crippen molar-refractivity contribution in [2.45, 2.75) is 38.9 Å². The zero-order valence-corrected chi connectivity index (χ0v) is 12.2. The van der Waals surface area contributed by atoms with Crippen LogP contribution < -0.4 is 11.2 Å². The second-order valence-corrected chi connectivity index (χ2v) is 5.68. The van der Waals surface area contributed by atoms with Gasteiger partial charge >= 0.3 is 5.69 Å². The fourth-order valence-electron chi connectivity index (χ4n) is 3.10. The number of aromatic amines is 2. The Labute approximate surface area is 122 Å². The summed E-state index contributed by atoms with van der Waals surface area (Å²) in [6.45, 7) is 4.86. The summed E-state index contributed by atoms with van der Waals surface area (Å²) < 4.78 is 0. The molecule has 21 heavy (non-hydrogen) atoms. The summed E-state index contributed by atoms with van der Waals surface area (Å²) in [6.07, 6.45) is 0.651.